The molecule has 0 aliphatic carbocycles. The van der Waals surface area contributed by atoms with E-state index in [0.29, 0.717) is 18.4 Å². The first-order valence-corrected chi connectivity index (χ1v) is 11.1. The molecule has 2 aromatic rings. The average molecular weight is 539 g/mol. The van der Waals surface area contributed by atoms with E-state index in [-0.39, 0.29) is 24.0 Å². The largest absolute Gasteiger partial charge is 0.439 e. The van der Waals surface area contributed by atoms with Gasteiger partial charge >= 0.3 is 0 Å². The lowest BCUT2D eigenvalue weighted by Crippen LogP contribution is -2.42. The second kappa shape index (κ2) is 11.8. The third kappa shape index (κ3) is 6.66. The van der Waals surface area contributed by atoms with Gasteiger partial charge in [0.1, 0.15) is 6.54 Å². The van der Waals surface area contributed by atoms with Crippen molar-refractivity contribution in [3.05, 3.63) is 41.9 Å². The summed E-state index contributed by atoms with van der Waals surface area (Å²) in [6, 6.07) is 8.29. The van der Waals surface area contributed by atoms with Gasteiger partial charge in [-0.05, 0) is 26.2 Å². The Morgan fingerprint density at radius 3 is 2.71 bits per heavy atom. The van der Waals surface area contributed by atoms with Crippen LogP contribution in [0.15, 0.2) is 39.9 Å². The highest BCUT2D eigenvalue weighted by atomic mass is 127. The summed E-state index contributed by atoms with van der Waals surface area (Å²) in [5.41, 5.74) is 2.27. The molecular weight excluding hydrogens is 505 g/mol. The molecule has 1 unspecified atom stereocenters. The molecule has 2 aliphatic rings. The number of likely N-dealkylation sites (tertiary alicyclic amines) is 1. The minimum absolute atomic E-state index is 0. The van der Waals surface area contributed by atoms with Crippen LogP contribution in [0.25, 0.3) is 11.3 Å². The zero-order chi connectivity index (χ0) is 20.8. The number of hydrogen-bond acceptors (Lipinski definition) is 5. The van der Waals surface area contributed by atoms with Gasteiger partial charge in [-0.3, -0.25) is 4.90 Å². The highest BCUT2D eigenvalue weighted by molar-refractivity contribution is 14.0. The van der Waals surface area contributed by atoms with E-state index in [9.17, 15) is 0 Å². The molecule has 1 aromatic heterocycles. The fourth-order valence-corrected chi connectivity index (χ4v) is 4.13. The van der Waals surface area contributed by atoms with E-state index in [0.717, 1.165) is 69.8 Å². The second-order valence-corrected chi connectivity index (χ2v) is 8.17. The molecular formula is C23H34IN5O2. The molecule has 7 nitrogen and oxygen atoms in total. The van der Waals surface area contributed by atoms with Crippen LogP contribution < -0.4 is 5.32 Å². The molecule has 4 rings (SSSR count). The summed E-state index contributed by atoms with van der Waals surface area (Å²) in [6.45, 7) is 12.6. The van der Waals surface area contributed by atoms with Gasteiger partial charge in [0, 0.05) is 44.8 Å². The summed E-state index contributed by atoms with van der Waals surface area (Å²) < 4.78 is 11.4. The average Bonchev–Trinajstić information content (AvgIpc) is 3.42. The van der Waals surface area contributed by atoms with Crippen molar-refractivity contribution >= 4 is 29.9 Å². The molecule has 2 fully saturated rings. The Morgan fingerprint density at radius 2 is 1.97 bits per heavy atom. The third-order valence-corrected chi connectivity index (χ3v) is 5.79. The summed E-state index contributed by atoms with van der Waals surface area (Å²) in [4.78, 5) is 14.1. The summed E-state index contributed by atoms with van der Waals surface area (Å²) in [6.07, 6.45) is 3.00. The molecule has 0 radical (unpaired) electrons. The first kappa shape index (κ1) is 24.0. The lowest BCUT2D eigenvalue weighted by molar-refractivity contribution is 0.0315. The summed E-state index contributed by atoms with van der Waals surface area (Å²) in [7, 11) is 0. The molecule has 2 aliphatic heterocycles. The van der Waals surface area contributed by atoms with E-state index < -0.39 is 0 Å². The van der Waals surface area contributed by atoms with E-state index in [2.05, 4.69) is 58.2 Å². The highest BCUT2D eigenvalue weighted by Gasteiger charge is 2.27. The van der Waals surface area contributed by atoms with Gasteiger partial charge in [-0.1, -0.05) is 29.8 Å². The van der Waals surface area contributed by atoms with Gasteiger partial charge in [0.15, 0.2) is 11.7 Å². The number of rotatable bonds is 6. The second-order valence-electron chi connectivity index (χ2n) is 8.17. The molecule has 31 heavy (non-hydrogen) atoms. The van der Waals surface area contributed by atoms with Crippen molar-refractivity contribution in [2.45, 2.75) is 26.8 Å². The molecule has 1 aromatic carbocycles. The quantitative estimate of drug-likeness (QED) is 0.345. The number of nitrogens with one attached hydrogen (secondary N) is 1. The molecule has 8 heteroatoms. The fourth-order valence-electron chi connectivity index (χ4n) is 4.13. The normalized spacial score (nSPS) is 20.0. The van der Waals surface area contributed by atoms with Crippen molar-refractivity contribution < 1.29 is 9.15 Å². The maximum Gasteiger partial charge on any atom is 0.216 e. The monoisotopic (exact) mass is 539 g/mol. The Labute approximate surface area is 202 Å². The van der Waals surface area contributed by atoms with Crippen molar-refractivity contribution in [3.63, 3.8) is 0 Å². The van der Waals surface area contributed by atoms with E-state index >= 15 is 0 Å². The maximum absolute atomic E-state index is 5.94. The van der Waals surface area contributed by atoms with Gasteiger partial charge in [0.2, 0.25) is 5.89 Å². The minimum Gasteiger partial charge on any atom is -0.439 e. The first-order valence-electron chi connectivity index (χ1n) is 11.1. The van der Waals surface area contributed by atoms with Crippen LogP contribution >= 0.6 is 24.0 Å². The van der Waals surface area contributed by atoms with E-state index in [1.165, 1.54) is 12.0 Å². The molecule has 0 bridgehead atoms. The Kier molecular flexibility index (Phi) is 9.15. The predicted molar refractivity (Wildman–Crippen MR) is 134 cm³/mol. The van der Waals surface area contributed by atoms with Gasteiger partial charge in [-0.15, -0.1) is 24.0 Å². The number of aryl methyl sites for hydroxylation is 1. The molecule has 1 N–H and O–H groups in total. The van der Waals surface area contributed by atoms with Crippen molar-refractivity contribution in [3.8, 4) is 11.3 Å². The van der Waals surface area contributed by atoms with Crippen LogP contribution in [-0.2, 0) is 11.3 Å². The lowest BCUT2D eigenvalue weighted by atomic mass is 10.1. The van der Waals surface area contributed by atoms with Crippen molar-refractivity contribution in [1.29, 1.82) is 0 Å². The van der Waals surface area contributed by atoms with Crippen LogP contribution in [0.2, 0.25) is 0 Å². The number of nitrogens with zero attached hydrogens (tertiary/aromatic N) is 4. The summed E-state index contributed by atoms with van der Waals surface area (Å²) in [5, 5.41) is 3.44. The number of aliphatic imine (C=N–C) groups is 1. The van der Waals surface area contributed by atoms with Crippen molar-refractivity contribution in [1.82, 2.24) is 20.1 Å². The Hall–Kier alpha value is -1.65. The lowest BCUT2D eigenvalue weighted by Gasteiger charge is -2.29. The van der Waals surface area contributed by atoms with E-state index in [1.54, 1.807) is 6.20 Å². The number of aromatic nitrogens is 1. The van der Waals surface area contributed by atoms with Gasteiger partial charge in [0.25, 0.3) is 0 Å². The Balaban J connectivity index is 0.00000272. The SMILES string of the molecule is CCNC(=NCc1ncc(-c2ccc(C)cc2)o1)N1CCC(CN2CCOCC2)C1.I. The van der Waals surface area contributed by atoms with E-state index in [1.807, 2.05) is 0 Å². The van der Waals surface area contributed by atoms with Crippen LogP contribution in [-0.4, -0.2) is 73.2 Å². The number of halogens is 1. The number of oxazole rings is 1. The molecule has 0 saturated carbocycles. The van der Waals surface area contributed by atoms with Crippen molar-refractivity contribution in [2.24, 2.45) is 10.9 Å². The predicted octanol–water partition coefficient (Wildman–Crippen LogP) is 3.39. The molecule has 170 valence electrons. The molecule has 2 saturated heterocycles. The number of ether oxygens (including phenoxy) is 1. The van der Waals surface area contributed by atoms with Gasteiger partial charge in [0.05, 0.1) is 19.4 Å². The van der Waals surface area contributed by atoms with Gasteiger partial charge in [-0.25, -0.2) is 9.98 Å². The Bertz CT molecular complexity index is 833. The van der Waals surface area contributed by atoms with Crippen LogP contribution in [0.5, 0.6) is 0 Å². The topological polar surface area (TPSA) is 66.1 Å². The number of benzene rings is 1. The standard InChI is InChI=1S/C23H33N5O2.HI/c1-3-24-23(28-9-8-19(17-28)16-27-10-12-29-13-11-27)26-15-22-25-14-21(30-22)20-6-4-18(2)5-7-20;/h4-7,14,19H,3,8-13,15-17H2,1-2H3,(H,24,26);1H. The summed E-state index contributed by atoms with van der Waals surface area (Å²) >= 11 is 0. The number of hydrogen-bond donors (Lipinski definition) is 1. The Morgan fingerprint density at radius 1 is 1.19 bits per heavy atom. The smallest absolute Gasteiger partial charge is 0.216 e. The fraction of sp³-hybridized carbons (Fsp3) is 0.565. The third-order valence-electron chi connectivity index (χ3n) is 5.79. The zero-order valence-electron chi connectivity index (χ0n) is 18.5. The molecule has 0 amide bonds. The van der Waals surface area contributed by atoms with Gasteiger partial charge < -0.3 is 19.4 Å². The van der Waals surface area contributed by atoms with Crippen LogP contribution in [0.1, 0.15) is 24.8 Å². The molecule has 1 atom stereocenters. The molecule has 0 spiro atoms. The minimum atomic E-state index is 0. The van der Waals surface area contributed by atoms with E-state index in [4.69, 9.17) is 14.1 Å². The van der Waals surface area contributed by atoms with Gasteiger partial charge in [-0.2, -0.15) is 0 Å². The zero-order valence-corrected chi connectivity index (χ0v) is 20.9. The molecule has 3 heterocycles. The van der Waals surface area contributed by atoms with Crippen LogP contribution in [0.4, 0.5) is 0 Å². The first-order chi connectivity index (χ1) is 14.7. The maximum atomic E-state index is 5.94. The van der Waals surface area contributed by atoms with Crippen molar-refractivity contribution in [2.75, 3.05) is 52.5 Å². The highest BCUT2D eigenvalue weighted by Crippen LogP contribution is 2.22. The van der Waals surface area contributed by atoms with Crippen LogP contribution in [0, 0.1) is 12.8 Å². The number of morpholine rings is 1. The number of guanidine groups is 1. The summed E-state index contributed by atoms with van der Waals surface area (Å²) in [5.74, 6) is 3.07. The van der Waals surface area contributed by atoms with Crippen LogP contribution in [0.3, 0.4) is 0 Å².